The van der Waals surface area contributed by atoms with Crippen molar-refractivity contribution in [1.82, 2.24) is 5.32 Å². The molecule has 1 fully saturated rings. The maximum absolute atomic E-state index is 12.9. The average Bonchev–Trinajstić information content (AvgIpc) is 3.14. The second-order valence-corrected chi connectivity index (χ2v) is 15.9. The maximum atomic E-state index is 12.9. The highest BCUT2D eigenvalue weighted by Crippen LogP contribution is 2.23. The number of aliphatic hydroxyl groups is 5. The number of carbonyl (C=O) groups is 1. The van der Waals surface area contributed by atoms with Gasteiger partial charge in [-0.2, -0.15) is 0 Å². The average molecular weight is 744 g/mol. The van der Waals surface area contributed by atoms with E-state index >= 15 is 0 Å². The molecule has 1 aliphatic heterocycles. The van der Waals surface area contributed by atoms with Gasteiger partial charge in [0.05, 0.1) is 25.4 Å². The molecule has 0 aromatic carbocycles. The van der Waals surface area contributed by atoms with Crippen molar-refractivity contribution in [3.05, 3.63) is 0 Å². The summed E-state index contributed by atoms with van der Waals surface area (Å²) >= 11 is 0. The lowest BCUT2D eigenvalue weighted by atomic mass is 9.99. The van der Waals surface area contributed by atoms with Crippen LogP contribution in [0.2, 0.25) is 0 Å². The molecule has 0 aromatic rings. The standard InChI is InChI=1S/C43H85NO8/c1-3-5-7-9-11-12-13-14-15-16-17-18-19-20-21-22-23-24-25-26-27-29-31-33-39(47)44-36(37(46)32-30-28-10-8-6-4-2)35-51-43-42(50)41(49)40(48)38(34-45)52-43/h36-38,40-43,45-46,48-50H,3-35H2,1-2H3,(H,44,47). The third kappa shape index (κ3) is 25.3. The van der Waals surface area contributed by atoms with Crippen molar-refractivity contribution in [2.45, 2.75) is 256 Å². The van der Waals surface area contributed by atoms with E-state index in [1.54, 1.807) is 0 Å². The molecule has 0 aromatic heterocycles. The summed E-state index contributed by atoms with van der Waals surface area (Å²) in [6.45, 7) is 3.78. The highest BCUT2D eigenvalue weighted by atomic mass is 16.7. The maximum Gasteiger partial charge on any atom is 0.220 e. The molecule has 0 saturated carbocycles. The zero-order valence-electron chi connectivity index (χ0n) is 33.8. The molecule has 1 rings (SSSR count). The van der Waals surface area contributed by atoms with Gasteiger partial charge in [-0.15, -0.1) is 0 Å². The summed E-state index contributed by atoms with van der Waals surface area (Å²) in [7, 11) is 0. The highest BCUT2D eigenvalue weighted by Gasteiger charge is 2.44. The molecule has 52 heavy (non-hydrogen) atoms. The summed E-state index contributed by atoms with van der Waals surface area (Å²) in [6, 6.07) is -0.708. The lowest BCUT2D eigenvalue weighted by molar-refractivity contribution is -0.302. The van der Waals surface area contributed by atoms with E-state index in [1.165, 1.54) is 148 Å². The number of amides is 1. The first-order chi connectivity index (χ1) is 25.3. The number of hydrogen-bond acceptors (Lipinski definition) is 8. The molecule has 9 heteroatoms. The van der Waals surface area contributed by atoms with E-state index in [-0.39, 0.29) is 12.5 Å². The van der Waals surface area contributed by atoms with Crippen LogP contribution in [-0.2, 0) is 14.3 Å². The molecule has 1 heterocycles. The fourth-order valence-corrected chi connectivity index (χ4v) is 7.34. The van der Waals surface area contributed by atoms with Crippen molar-refractivity contribution >= 4 is 5.91 Å². The van der Waals surface area contributed by atoms with Gasteiger partial charge >= 0.3 is 0 Å². The van der Waals surface area contributed by atoms with Crippen molar-refractivity contribution in [2.75, 3.05) is 13.2 Å². The van der Waals surface area contributed by atoms with Crippen LogP contribution in [0.1, 0.15) is 213 Å². The van der Waals surface area contributed by atoms with Gasteiger partial charge in [0.15, 0.2) is 6.29 Å². The largest absolute Gasteiger partial charge is 0.394 e. The van der Waals surface area contributed by atoms with Gasteiger partial charge < -0.3 is 40.3 Å². The fraction of sp³-hybridized carbons (Fsp3) is 0.977. The van der Waals surface area contributed by atoms with E-state index < -0.39 is 49.5 Å². The van der Waals surface area contributed by atoms with E-state index in [0.717, 1.165) is 38.5 Å². The molecule has 1 saturated heterocycles. The molecule has 0 spiro atoms. The fourth-order valence-electron chi connectivity index (χ4n) is 7.34. The Hall–Kier alpha value is -0.810. The quantitative estimate of drug-likeness (QED) is 0.0346. The summed E-state index contributed by atoms with van der Waals surface area (Å²) in [5, 5.41) is 53.9. The van der Waals surface area contributed by atoms with Crippen LogP contribution in [0.15, 0.2) is 0 Å². The molecule has 7 atom stereocenters. The molecular formula is C43H85NO8. The minimum Gasteiger partial charge on any atom is -0.394 e. The van der Waals surface area contributed by atoms with Gasteiger partial charge in [0, 0.05) is 6.42 Å². The van der Waals surface area contributed by atoms with Crippen molar-refractivity contribution in [1.29, 1.82) is 0 Å². The third-order valence-corrected chi connectivity index (χ3v) is 11.0. The van der Waals surface area contributed by atoms with E-state index in [2.05, 4.69) is 19.2 Å². The number of hydrogen-bond donors (Lipinski definition) is 6. The van der Waals surface area contributed by atoms with Crippen LogP contribution in [0.4, 0.5) is 0 Å². The van der Waals surface area contributed by atoms with E-state index in [0.29, 0.717) is 12.8 Å². The van der Waals surface area contributed by atoms with Crippen LogP contribution in [-0.4, -0.2) is 87.5 Å². The SMILES string of the molecule is CCCCCCCCCCCCCCCCCCCCCCCCCC(=O)NC(COC1OC(CO)C(O)C(O)C1O)C(O)CCCCCCCC. The van der Waals surface area contributed by atoms with Gasteiger partial charge in [-0.1, -0.05) is 194 Å². The minimum atomic E-state index is -1.55. The monoisotopic (exact) mass is 744 g/mol. The zero-order valence-corrected chi connectivity index (χ0v) is 33.8. The molecule has 1 amide bonds. The van der Waals surface area contributed by atoms with Crippen LogP contribution in [0.3, 0.4) is 0 Å². The summed E-state index contributed by atoms with van der Waals surface area (Å²) < 4.78 is 11.2. The predicted octanol–water partition coefficient (Wildman–Crippen LogP) is 8.78. The first-order valence-electron chi connectivity index (χ1n) is 22.2. The van der Waals surface area contributed by atoms with Gasteiger partial charge in [-0.05, 0) is 12.8 Å². The van der Waals surface area contributed by atoms with Crippen molar-refractivity contribution in [3.8, 4) is 0 Å². The summed E-state index contributed by atoms with van der Waals surface area (Å²) in [4.78, 5) is 12.9. The first kappa shape index (κ1) is 49.2. The van der Waals surface area contributed by atoms with E-state index in [1.807, 2.05) is 0 Å². The summed E-state index contributed by atoms with van der Waals surface area (Å²) in [5.41, 5.74) is 0. The highest BCUT2D eigenvalue weighted by molar-refractivity contribution is 5.76. The zero-order chi connectivity index (χ0) is 38.1. The molecule has 9 nitrogen and oxygen atoms in total. The lowest BCUT2D eigenvalue weighted by Gasteiger charge is -2.40. The van der Waals surface area contributed by atoms with Gasteiger partial charge in [-0.3, -0.25) is 4.79 Å². The molecule has 0 bridgehead atoms. The van der Waals surface area contributed by atoms with E-state index in [9.17, 15) is 30.3 Å². The molecular weight excluding hydrogens is 658 g/mol. The van der Waals surface area contributed by atoms with Crippen molar-refractivity contribution in [3.63, 3.8) is 0 Å². The number of nitrogens with one attached hydrogen (secondary N) is 1. The second-order valence-electron chi connectivity index (χ2n) is 15.9. The van der Waals surface area contributed by atoms with Crippen LogP contribution in [0.5, 0.6) is 0 Å². The van der Waals surface area contributed by atoms with E-state index in [4.69, 9.17) is 9.47 Å². The Bertz CT molecular complexity index is 786. The molecule has 0 aliphatic carbocycles. The van der Waals surface area contributed by atoms with Gasteiger partial charge in [-0.25, -0.2) is 0 Å². The Morgan fingerprint density at radius 1 is 0.577 bits per heavy atom. The Kier molecular flexibility index (Phi) is 32.8. The molecule has 1 aliphatic rings. The third-order valence-electron chi connectivity index (χ3n) is 11.0. The molecule has 7 unspecified atom stereocenters. The Labute approximate surface area is 319 Å². The molecule has 6 N–H and O–H groups in total. The van der Waals surface area contributed by atoms with Crippen LogP contribution in [0, 0.1) is 0 Å². The molecule has 310 valence electrons. The lowest BCUT2D eigenvalue weighted by Crippen LogP contribution is -2.60. The van der Waals surface area contributed by atoms with Crippen LogP contribution in [0.25, 0.3) is 0 Å². The molecule has 0 radical (unpaired) electrons. The van der Waals surface area contributed by atoms with Crippen molar-refractivity contribution in [2.24, 2.45) is 0 Å². The van der Waals surface area contributed by atoms with Crippen LogP contribution >= 0.6 is 0 Å². The number of aliphatic hydroxyl groups excluding tert-OH is 5. The summed E-state index contributed by atoms with van der Waals surface area (Å²) in [6.07, 6.45) is 30.1. The number of ether oxygens (including phenoxy) is 2. The number of unbranched alkanes of at least 4 members (excludes halogenated alkanes) is 27. The Morgan fingerprint density at radius 3 is 1.37 bits per heavy atom. The van der Waals surface area contributed by atoms with Crippen molar-refractivity contribution < 1.29 is 39.8 Å². The normalized spacial score (nSPS) is 21.7. The summed E-state index contributed by atoms with van der Waals surface area (Å²) in [5.74, 6) is -0.145. The topological polar surface area (TPSA) is 149 Å². The van der Waals surface area contributed by atoms with Crippen LogP contribution < -0.4 is 5.32 Å². The second kappa shape index (κ2) is 34.7. The smallest absolute Gasteiger partial charge is 0.220 e. The Balaban J connectivity index is 2.15. The minimum absolute atomic E-state index is 0.134. The number of carbonyl (C=O) groups excluding carboxylic acids is 1. The van der Waals surface area contributed by atoms with Gasteiger partial charge in [0.2, 0.25) is 5.91 Å². The predicted molar refractivity (Wildman–Crippen MR) is 212 cm³/mol. The number of rotatable bonds is 37. The van der Waals surface area contributed by atoms with Gasteiger partial charge in [0.1, 0.15) is 24.4 Å². The van der Waals surface area contributed by atoms with Gasteiger partial charge in [0.25, 0.3) is 0 Å². The Morgan fingerprint density at radius 2 is 0.962 bits per heavy atom. The first-order valence-corrected chi connectivity index (χ1v) is 22.2.